The molecule has 0 spiro atoms. The van der Waals surface area contributed by atoms with E-state index in [2.05, 4.69) is 29.6 Å². The monoisotopic (exact) mass is 327 g/mol. The molecule has 4 nitrogen and oxygen atoms in total. The lowest BCUT2D eigenvalue weighted by Crippen LogP contribution is -2.17. The Bertz CT molecular complexity index is 415. The Morgan fingerprint density at radius 1 is 0.955 bits per heavy atom. The number of hydrogen-bond acceptors (Lipinski definition) is 4. The number of unbranched alkanes of at least 4 members (excludes halogenated alkanes) is 1. The first-order valence-electron chi connectivity index (χ1n) is 8.33. The SMILES string of the molecule is CCOP(=O)(CCCCNCCCc1ccccc1)OCC. The smallest absolute Gasteiger partial charge is 0.317 e. The van der Waals surface area contributed by atoms with Crippen LogP contribution in [-0.4, -0.2) is 32.5 Å². The summed E-state index contributed by atoms with van der Waals surface area (Å²) in [5.41, 5.74) is 1.39. The Morgan fingerprint density at radius 3 is 2.23 bits per heavy atom. The van der Waals surface area contributed by atoms with Gasteiger partial charge in [-0.1, -0.05) is 30.3 Å². The van der Waals surface area contributed by atoms with Crippen molar-refractivity contribution in [3.63, 3.8) is 0 Å². The van der Waals surface area contributed by atoms with Crippen molar-refractivity contribution in [3.8, 4) is 0 Å². The second-order valence-electron chi connectivity index (χ2n) is 5.22. The average Bonchev–Trinajstić information content (AvgIpc) is 2.51. The predicted octanol–water partition coefficient (Wildman–Crippen LogP) is 4.26. The van der Waals surface area contributed by atoms with Crippen LogP contribution in [0.2, 0.25) is 0 Å². The van der Waals surface area contributed by atoms with Gasteiger partial charge in [0.2, 0.25) is 0 Å². The first kappa shape index (κ1) is 19.4. The Kier molecular flexibility index (Phi) is 10.4. The van der Waals surface area contributed by atoms with E-state index in [0.717, 1.165) is 38.8 Å². The minimum Gasteiger partial charge on any atom is -0.317 e. The molecule has 1 rings (SSSR count). The molecule has 0 amide bonds. The van der Waals surface area contributed by atoms with Crippen LogP contribution in [0.4, 0.5) is 0 Å². The Balaban J connectivity index is 2.02. The molecule has 5 heteroatoms. The summed E-state index contributed by atoms with van der Waals surface area (Å²) in [5.74, 6) is 0. The fourth-order valence-electron chi connectivity index (χ4n) is 2.30. The predicted molar refractivity (Wildman–Crippen MR) is 92.6 cm³/mol. The van der Waals surface area contributed by atoms with E-state index in [-0.39, 0.29) is 0 Å². The highest BCUT2D eigenvalue weighted by Gasteiger charge is 2.22. The molecule has 0 heterocycles. The van der Waals surface area contributed by atoms with Gasteiger partial charge in [0.1, 0.15) is 0 Å². The molecule has 0 aliphatic carbocycles. The first-order valence-corrected chi connectivity index (χ1v) is 10.1. The molecule has 0 radical (unpaired) electrons. The third kappa shape index (κ3) is 8.70. The number of benzene rings is 1. The summed E-state index contributed by atoms with van der Waals surface area (Å²) >= 11 is 0. The van der Waals surface area contributed by atoms with Gasteiger partial charge in [-0.3, -0.25) is 4.57 Å². The zero-order valence-corrected chi connectivity index (χ0v) is 14.8. The van der Waals surface area contributed by atoms with E-state index >= 15 is 0 Å². The second-order valence-corrected chi connectivity index (χ2v) is 7.40. The Labute approximate surface area is 135 Å². The summed E-state index contributed by atoms with van der Waals surface area (Å²) in [7, 11) is -2.85. The van der Waals surface area contributed by atoms with Gasteiger partial charge >= 0.3 is 7.60 Å². The molecule has 22 heavy (non-hydrogen) atoms. The summed E-state index contributed by atoms with van der Waals surface area (Å²) in [6.07, 6.45) is 4.62. The average molecular weight is 327 g/mol. The molecule has 0 atom stereocenters. The van der Waals surface area contributed by atoms with Gasteiger partial charge in [0.15, 0.2) is 0 Å². The van der Waals surface area contributed by atoms with Crippen molar-refractivity contribution in [3.05, 3.63) is 35.9 Å². The summed E-state index contributed by atoms with van der Waals surface area (Å²) in [5, 5.41) is 3.43. The highest BCUT2D eigenvalue weighted by molar-refractivity contribution is 7.53. The number of rotatable bonds is 13. The lowest BCUT2D eigenvalue weighted by Gasteiger charge is -2.16. The Hall–Kier alpha value is -0.670. The van der Waals surface area contributed by atoms with Crippen molar-refractivity contribution < 1.29 is 13.6 Å². The van der Waals surface area contributed by atoms with Crippen molar-refractivity contribution in [2.75, 3.05) is 32.5 Å². The van der Waals surface area contributed by atoms with E-state index < -0.39 is 7.60 Å². The lowest BCUT2D eigenvalue weighted by molar-refractivity contribution is 0.219. The molecule has 0 saturated heterocycles. The highest BCUT2D eigenvalue weighted by Crippen LogP contribution is 2.48. The van der Waals surface area contributed by atoms with Gasteiger partial charge < -0.3 is 14.4 Å². The van der Waals surface area contributed by atoms with E-state index in [9.17, 15) is 4.57 Å². The van der Waals surface area contributed by atoms with E-state index in [1.165, 1.54) is 5.56 Å². The van der Waals surface area contributed by atoms with Crippen LogP contribution in [0.25, 0.3) is 0 Å². The van der Waals surface area contributed by atoms with Gasteiger partial charge in [-0.2, -0.15) is 0 Å². The largest absolute Gasteiger partial charge is 0.330 e. The van der Waals surface area contributed by atoms with Crippen molar-refractivity contribution >= 4 is 7.60 Å². The van der Waals surface area contributed by atoms with Crippen LogP contribution >= 0.6 is 7.60 Å². The normalized spacial score (nSPS) is 11.7. The fraction of sp³-hybridized carbons (Fsp3) is 0.647. The molecule has 0 aliphatic rings. The van der Waals surface area contributed by atoms with E-state index in [1.54, 1.807) is 0 Å². The van der Waals surface area contributed by atoms with Crippen molar-refractivity contribution in [2.24, 2.45) is 0 Å². The third-order valence-corrected chi connectivity index (χ3v) is 5.52. The third-order valence-electron chi connectivity index (χ3n) is 3.35. The molecule has 1 aromatic rings. The van der Waals surface area contributed by atoms with Crippen molar-refractivity contribution in [1.82, 2.24) is 5.32 Å². The van der Waals surface area contributed by atoms with Gasteiger partial charge in [0.25, 0.3) is 0 Å². The molecule has 0 saturated carbocycles. The van der Waals surface area contributed by atoms with Crippen LogP contribution in [0.1, 0.15) is 38.7 Å². The second kappa shape index (κ2) is 11.8. The maximum atomic E-state index is 12.2. The molecule has 0 bridgehead atoms. The van der Waals surface area contributed by atoms with Gasteiger partial charge in [-0.15, -0.1) is 0 Å². The minimum absolute atomic E-state index is 0.439. The van der Waals surface area contributed by atoms with Crippen LogP contribution in [0.3, 0.4) is 0 Å². The van der Waals surface area contributed by atoms with E-state index in [1.807, 2.05) is 19.9 Å². The summed E-state index contributed by atoms with van der Waals surface area (Å²) in [6.45, 7) is 6.54. The zero-order chi connectivity index (χ0) is 16.1. The standard InChI is InChI=1S/C17H30NO3P/c1-3-20-22(19,21-4-2)16-9-8-14-18-15-10-13-17-11-6-5-7-12-17/h5-7,11-12,18H,3-4,8-10,13-16H2,1-2H3. The van der Waals surface area contributed by atoms with Crippen LogP contribution in [0.15, 0.2) is 30.3 Å². The molecule has 1 N–H and O–H groups in total. The zero-order valence-electron chi connectivity index (χ0n) is 13.9. The molecule has 0 aromatic heterocycles. The molecule has 0 aliphatic heterocycles. The van der Waals surface area contributed by atoms with Crippen molar-refractivity contribution in [2.45, 2.75) is 39.5 Å². The topological polar surface area (TPSA) is 47.6 Å². The van der Waals surface area contributed by atoms with Gasteiger partial charge in [-0.05, 0) is 58.2 Å². The van der Waals surface area contributed by atoms with Crippen LogP contribution in [0, 0.1) is 0 Å². The van der Waals surface area contributed by atoms with E-state index in [4.69, 9.17) is 9.05 Å². The van der Waals surface area contributed by atoms with E-state index in [0.29, 0.717) is 19.4 Å². The van der Waals surface area contributed by atoms with Crippen molar-refractivity contribution in [1.29, 1.82) is 0 Å². The molecule has 126 valence electrons. The molecule has 0 unspecified atom stereocenters. The van der Waals surface area contributed by atoms with Crippen LogP contribution in [0.5, 0.6) is 0 Å². The molecular weight excluding hydrogens is 297 g/mol. The molecule has 1 aromatic carbocycles. The van der Waals surface area contributed by atoms with Crippen LogP contribution in [-0.2, 0) is 20.0 Å². The van der Waals surface area contributed by atoms with Gasteiger partial charge in [0.05, 0.1) is 19.4 Å². The Morgan fingerprint density at radius 2 is 1.59 bits per heavy atom. The minimum atomic E-state index is -2.85. The maximum absolute atomic E-state index is 12.2. The number of nitrogens with one attached hydrogen (secondary N) is 1. The quantitative estimate of drug-likeness (QED) is 0.434. The first-order chi connectivity index (χ1) is 10.7. The summed E-state index contributed by atoms with van der Waals surface area (Å²) in [6, 6.07) is 10.5. The lowest BCUT2D eigenvalue weighted by atomic mass is 10.1. The molecular formula is C17H30NO3P. The summed E-state index contributed by atoms with van der Waals surface area (Å²) < 4.78 is 22.8. The van der Waals surface area contributed by atoms with Gasteiger partial charge in [0, 0.05) is 0 Å². The van der Waals surface area contributed by atoms with Crippen LogP contribution < -0.4 is 5.32 Å². The molecule has 0 fully saturated rings. The fourth-order valence-corrected chi connectivity index (χ4v) is 4.03. The van der Waals surface area contributed by atoms with Gasteiger partial charge in [-0.25, -0.2) is 0 Å². The highest BCUT2D eigenvalue weighted by atomic mass is 31.2. The number of aryl methyl sites for hydroxylation is 1. The summed E-state index contributed by atoms with van der Waals surface area (Å²) in [4.78, 5) is 0. The maximum Gasteiger partial charge on any atom is 0.330 e. The number of hydrogen-bond donors (Lipinski definition) is 1.